The molecule has 3 rings (SSSR count). The van der Waals surface area contributed by atoms with Gasteiger partial charge in [0, 0.05) is 5.92 Å². The summed E-state index contributed by atoms with van der Waals surface area (Å²) in [5, 5.41) is 14.1. The lowest BCUT2D eigenvalue weighted by molar-refractivity contribution is -0.141. The third-order valence-corrected chi connectivity index (χ3v) is 6.02. The molecule has 0 aromatic heterocycles. The fourth-order valence-corrected chi connectivity index (χ4v) is 3.96. The predicted octanol–water partition coefficient (Wildman–Crippen LogP) is 3.92. The molecule has 0 spiro atoms. The van der Waals surface area contributed by atoms with Crippen molar-refractivity contribution in [2.45, 2.75) is 51.6 Å². The number of nitrogens with one attached hydrogen (secondary N) is 2. The van der Waals surface area contributed by atoms with E-state index in [-0.39, 0.29) is 18.4 Å². The van der Waals surface area contributed by atoms with Crippen LogP contribution in [0.25, 0.3) is 11.1 Å². The molecule has 2 aromatic rings. The molecule has 0 bridgehead atoms. The molecule has 1 aliphatic rings. The van der Waals surface area contributed by atoms with Crippen molar-refractivity contribution >= 4 is 18.0 Å². The van der Waals surface area contributed by atoms with E-state index in [0.717, 1.165) is 28.7 Å². The Balaban J connectivity index is 1.67. The topological polar surface area (TPSA) is 105 Å². The van der Waals surface area contributed by atoms with Crippen LogP contribution in [0.1, 0.15) is 50.7 Å². The second-order valence-electron chi connectivity index (χ2n) is 8.34. The Morgan fingerprint density at radius 3 is 2.06 bits per heavy atom. The van der Waals surface area contributed by atoms with Gasteiger partial charge < -0.3 is 20.5 Å². The minimum atomic E-state index is -1.14. The van der Waals surface area contributed by atoms with Crippen LogP contribution in [0.15, 0.2) is 48.5 Å². The highest BCUT2D eigenvalue weighted by molar-refractivity contribution is 5.89. The molecule has 7 nitrogen and oxygen atoms in total. The number of carboxylic acid groups (broad SMARTS) is 1. The van der Waals surface area contributed by atoms with Crippen LogP contribution in [0.5, 0.6) is 0 Å². The molecule has 0 saturated carbocycles. The number of carbonyl (C=O) groups is 3. The summed E-state index contributed by atoms with van der Waals surface area (Å²) in [7, 11) is 0. The number of carbonyl (C=O) groups excluding carboxylic acids is 2. The minimum absolute atomic E-state index is 0.0815. The van der Waals surface area contributed by atoms with Gasteiger partial charge in [0.15, 0.2) is 0 Å². The molecule has 3 atom stereocenters. The summed E-state index contributed by atoms with van der Waals surface area (Å²) in [6.07, 6.45) is 0.516. The van der Waals surface area contributed by atoms with Gasteiger partial charge in [0.2, 0.25) is 5.91 Å². The SMILES string of the molecule is CCC(C)CC(NC(=O)OCC1c2ccccc2-c2ccccc21)C(=O)N[C@H](C)C(=O)O. The van der Waals surface area contributed by atoms with Crippen LogP contribution in [0, 0.1) is 5.92 Å². The maximum atomic E-state index is 12.6. The van der Waals surface area contributed by atoms with Crippen LogP contribution in [0.2, 0.25) is 0 Å². The second kappa shape index (κ2) is 10.3. The number of aliphatic carboxylic acids is 1. The van der Waals surface area contributed by atoms with Gasteiger partial charge in [0.05, 0.1) is 0 Å². The number of ether oxygens (including phenoxy) is 1. The summed E-state index contributed by atoms with van der Waals surface area (Å²) in [4.78, 5) is 36.3. The van der Waals surface area contributed by atoms with E-state index in [4.69, 9.17) is 9.84 Å². The standard InChI is InChI=1S/C25H30N2O5/c1-4-15(2)13-22(23(28)26-16(3)24(29)30)27-25(31)32-14-21-19-11-7-5-9-17(19)18-10-6-8-12-20(18)21/h5-12,15-16,21-22H,4,13-14H2,1-3H3,(H,26,28)(H,27,31)(H,29,30)/t15?,16-,22?/m1/s1. The monoisotopic (exact) mass is 438 g/mol. The number of carboxylic acids is 1. The van der Waals surface area contributed by atoms with Gasteiger partial charge in [-0.05, 0) is 41.5 Å². The van der Waals surface area contributed by atoms with Crippen LogP contribution in [-0.4, -0.2) is 41.8 Å². The van der Waals surface area contributed by atoms with Crippen molar-refractivity contribution in [1.82, 2.24) is 10.6 Å². The lowest BCUT2D eigenvalue weighted by Crippen LogP contribution is -2.51. The molecule has 170 valence electrons. The summed E-state index contributed by atoms with van der Waals surface area (Å²) in [5.74, 6) is -1.59. The number of alkyl carbamates (subject to hydrolysis) is 1. The van der Waals surface area contributed by atoms with Gasteiger partial charge in [-0.3, -0.25) is 9.59 Å². The largest absolute Gasteiger partial charge is 0.480 e. The molecule has 0 radical (unpaired) electrons. The summed E-state index contributed by atoms with van der Waals surface area (Å²) in [6, 6.07) is 14.2. The highest BCUT2D eigenvalue weighted by Crippen LogP contribution is 2.44. The zero-order valence-electron chi connectivity index (χ0n) is 18.6. The first-order valence-electron chi connectivity index (χ1n) is 11.0. The zero-order valence-corrected chi connectivity index (χ0v) is 18.6. The van der Waals surface area contributed by atoms with E-state index in [2.05, 4.69) is 22.8 Å². The van der Waals surface area contributed by atoms with Crippen molar-refractivity contribution in [1.29, 1.82) is 0 Å². The van der Waals surface area contributed by atoms with Gasteiger partial charge in [-0.2, -0.15) is 0 Å². The first kappa shape index (κ1) is 23.3. The Kier molecular flexibility index (Phi) is 7.51. The van der Waals surface area contributed by atoms with E-state index in [9.17, 15) is 14.4 Å². The zero-order chi connectivity index (χ0) is 23.3. The van der Waals surface area contributed by atoms with E-state index in [1.165, 1.54) is 6.92 Å². The summed E-state index contributed by atoms with van der Waals surface area (Å²) in [6.45, 7) is 5.49. The molecular weight excluding hydrogens is 408 g/mol. The first-order chi connectivity index (χ1) is 15.3. The highest BCUT2D eigenvalue weighted by atomic mass is 16.5. The minimum Gasteiger partial charge on any atom is -0.480 e. The first-order valence-corrected chi connectivity index (χ1v) is 11.0. The van der Waals surface area contributed by atoms with Crippen molar-refractivity contribution < 1.29 is 24.2 Å². The molecule has 0 fully saturated rings. The normalized spacial score (nSPS) is 15.1. The van der Waals surface area contributed by atoms with Crippen molar-refractivity contribution in [2.24, 2.45) is 5.92 Å². The Morgan fingerprint density at radius 1 is 0.969 bits per heavy atom. The average Bonchev–Trinajstić information content (AvgIpc) is 3.10. The van der Waals surface area contributed by atoms with Crippen LogP contribution in [-0.2, 0) is 14.3 Å². The van der Waals surface area contributed by atoms with Crippen LogP contribution >= 0.6 is 0 Å². The molecule has 7 heteroatoms. The average molecular weight is 439 g/mol. The molecule has 2 amide bonds. The number of hydrogen-bond acceptors (Lipinski definition) is 4. The van der Waals surface area contributed by atoms with Crippen molar-refractivity contribution in [3.63, 3.8) is 0 Å². The number of rotatable bonds is 9. The third kappa shape index (κ3) is 5.28. The Bertz CT molecular complexity index is 944. The molecule has 2 aromatic carbocycles. The van der Waals surface area contributed by atoms with Gasteiger partial charge in [0.1, 0.15) is 18.7 Å². The predicted molar refractivity (Wildman–Crippen MR) is 121 cm³/mol. The molecule has 1 aliphatic carbocycles. The second-order valence-corrected chi connectivity index (χ2v) is 8.34. The van der Waals surface area contributed by atoms with Crippen molar-refractivity contribution in [3.8, 4) is 11.1 Å². The van der Waals surface area contributed by atoms with Crippen molar-refractivity contribution in [2.75, 3.05) is 6.61 Å². The summed E-state index contributed by atoms with van der Waals surface area (Å²) in [5.41, 5.74) is 4.47. The Morgan fingerprint density at radius 2 is 1.53 bits per heavy atom. The smallest absolute Gasteiger partial charge is 0.407 e. The molecule has 3 N–H and O–H groups in total. The third-order valence-electron chi connectivity index (χ3n) is 6.02. The number of benzene rings is 2. The lowest BCUT2D eigenvalue weighted by Gasteiger charge is -2.23. The van der Waals surface area contributed by atoms with Gasteiger partial charge >= 0.3 is 12.1 Å². The number of hydrogen-bond donors (Lipinski definition) is 3. The highest BCUT2D eigenvalue weighted by Gasteiger charge is 2.30. The van der Waals surface area contributed by atoms with E-state index in [1.807, 2.05) is 50.2 Å². The maximum Gasteiger partial charge on any atom is 0.407 e. The molecule has 32 heavy (non-hydrogen) atoms. The van der Waals surface area contributed by atoms with Crippen LogP contribution in [0.3, 0.4) is 0 Å². The summed E-state index contributed by atoms with van der Waals surface area (Å²) >= 11 is 0. The van der Waals surface area contributed by atoms with E-state index >= 15 is 0 Å². The van der Waals surface area contributed by atoms with Gasteiger partial charge in [-0.25, -0.2) is 4.79 Å². The lowest BCUT2D eigenvalue weighted by atomic mass is 9.98. The van der Waals surface area contributed by atoms with Gasteiger partial charge in [0.25, 0.3) is 0 Å². The molecule has 0 saturated heterocycles. The van der Waals surface area contributed by atoms with Crippen LogP contribution < -0.4 is 10.6 Å². The fraction of sp³-hybridized carbons (Fsp3) is 0.400. The van der Waals surface area contributed by atoms with E-state index in [1.54, 1.807) is 0 Å². The van der Waals surface area contributed by atoms with Crippen LogP contribution in [0.4, 0.5) is 4.79 Å². The molecule has 0 aliphatic heterocycles. The fourth-order valence-electron chi connectivity index (χ4n) is 3.96. The molecule has 2 unspecified atom stereocenters. The van der Waals surface area contributed by atoms with Crippen molar-refractivity contribution in [3.05, 3.63) is 59.7 Å². The number of fused-ring (bicyclic) bond motifs is 3. The Labute approximate surface area is 188 Å². The Hall–Kier alpha value is -3.35. The number of amides is 2. The molecular formula is C25H30N2O5. The van der Waals surface area contributed by atoms with E-state index in [0.29, 0.717) is 6.42 Å². The van der Waals surface area contributed by atoms with Gasteiger partial charge in [-0.1, -0.05) is 68.8 Å². The molecule has 0 heterocycles. The maximum absolute atomic E-state index is 12.6. The van der Waals surface area contributed by atoms with Gasteiger partial charge in [-0.15, -0.1) is 0 Å². The quantitative estimate of drug-likeness (QED) is 0.550. The summed E-state index contributed by atoms with van der Waals surface area (Å²) < 4.78 is 5.54. The van der Waals surface area contributed by atoms with E-state index < -0.39 is 30.1 Å².